The molecule has 14 heavy (non-hydrogen) atoms. The molecule has 74 valence electrons. The molecule has 0 amide bonds. The molecule has 0 bridgehead atoms. The third-order valence-corrected chi connectivity index (χ3v) is 2.05. The second-order valence-electron chi connectivity index (χ2n) is 3.24. The molecular formula is C8H10ClN5. The van der Waals surface area contributed by atoms with Crippen LogP contribution >= 0.6 is 11.6 Å². The molecule has 2 rings (SSSR count). The van der Waals surface area contributed by atoms with E-state index in [-0.39, 0.29) is 0 Å². The monoisotopic (exact) mass is 211 g/mol. The highest BCUT2D eigenvalue weighted by molar-refractivity contribution is 6.29. The summed E-state index contributed by atoms with van der Waals surface area (Å²) in [5.74, 6) is 1.13. The van der Waals surface area contributed by atoms with Crippen molar-refractivity contribution in [3.05, 3.63) is 16.9 Å². The molecule has 0 fully saturated rings. The molecule has 0 aliphatic heterocycles. The Labute approximate surface area is 86.3 Å². The van der Waals surface area contributed by atoms with Gasteiger partial charge in [-0.15, -0.1) is 5.10 Å². The highest BCUT2D eigenvalue weighted by atomic mass is 35.5. The number of hydrogen-bond acceptors (Lipinski definition) is 4. The Kier molecular flexibility index (Phi) is 2.03. The van der Waals surface area contributed by atoms with Gasteiger partial charge in [0.2, 0.25) is 5.95 Å². The number of aromatic nitrogens is 4. The van der Waals surface area contributed by atoms with E-state index in [4.69, 9.17) is 11.6 Å². The molecule has 0 aliphatic rings. The van der Waals surface area contributed by atoms with Crippen LogP contribution in [0.4, 0.5) is 5.95 Å². The number of rotatable bonds is 1. The third kappa shape index (κ3) is 1.39. The van der Waals surface area contributed by atoms with E-state index in [2.05, 4.69) is 15.1 Å². The minimum atomic E-state index is 0.521. The Morgan fingerprint density at radius 2 is 2.07 bits per heavy atom. The predicted molar refractivity (Wildman–Crippen MR) is 54.9 cm³/mol. The molecule has 0 spiro atoms. The summed E-state index contributed by atoms with van der Waals surface area (Å²) < 4.78 is 1.52. The molecule has 6 heteroatoms. The van der Waals surface area contributed by atoms with E-state index in [0.29, 0.717) is 16.9 Å². The van der Waals surface area contributed by atoms with Gasteiger partial charge in [0.25, 0.3) is 5.78 Å². The van der Waals surface area contributed by atoms with Crippen molar-refractivity contribution in [2.45, 2.75) is 6.92 Å². The zero-order chi connectivity index (χ0) is 10.3. The molecule has 0 unspecified atom stereocenters. The molecule has 2 heterocycles. The van der Waals surface area contributed by atoms with Crippen LogP contribution in [0.25, 0.3) is 5.78 Å². The second-order valence-corrected chi connectivity index (χ2v) is 3.63. The number of anilines is 1. The summed E-state index contributed by atoms with van der Waals surface area (Å²) in [6.07, 6.45) is 0. The van der Waals surface area contributed by atoms with Crippen molar-refractivity contribution in [2.75, 3.05) is 19.0 Å². The van der Waals surface area contributed by atoms with Crippen LogP contribution in [0.5, 0.6) is 0 Å². The van der Waals surface area contributed by atoms with E-state index >= 15 is 0 Å². The Morgan fingerprint density at radius 1 is 1.36 bits per heavy atom. The lowest BCUT2D eigenvalue weighted by atomic mass is 10.5. The summed E-state index contributed by atoms with van der Waals surface area (Å²) >= 11 is 5.98. The van der Waals surface area contributed by atoms with Crippen LogP contribution in [-0.2, 0) is 0 Å². The maximum absolute atomic E-state index is 5.98. The average molecular weight is 212 g/mol. The fourth-order valence-electron chi connectivity index (χ4n) is 1.12. The SMILES string of the molecule is Cc1cc(Cl)n2nc(N(C)C)nc2n1. The van der Waals surface area contributed by atoms with Gasteiger partial charge in [-0.05, 0) is 13.0 Å². The van der Waals surface area contributed by atoms with Crippen molar-refractivity contribution in [2.24, 2.45) is 0 Å². The van der Waals surface area contributed by atoms with E-state index in [1.165, 1.54) is 4.52 Å². The molecule has 0 atom stereocenters. The van der Waals surface area contributed by atoms with Crippen molar-refractivity contribution in [3.63, 3.8) is 0 Å². The summed E-state index contributed by atoms with van der Waals surface area (Å²) in [6, 6.07) is 1.75. The van der Waals surface area contributed by atoms with E-state index in [9.17, 15) is 0 Å². The van der Waals surface area contributed by atoms with E-state index < -0.39 is 0 Å². The molecule has 2 aromatic rings. The van der Waals surface area contributed by atoms with Crippen LogP contribution in [-0.4, -0.2) is 33.7 Å². The van der Waals surface area contributed by atoms with Crippen molar-refractivity contribution >= 4 is 23.3 Å². The van der Waals surface area contributed by atoms with Crippen LogP contribution in [0.2, 0.25) is 5.15 Å². The topological polar surface area (TPSA) is 46.3 Å². The molecule has 5 nitrogen and oxygen atoms in total. The minimum absolute atomic E-state index is 0.521. The molecule has 0 aliphatic carbocycles. The number of nitrogens with zero attached hydrogens (tertiary/aromatic N) is 5. The third-order valence-electron chi connectivity index (χ3n) is 1.79. The maximum Gasteiger partial charge on any atom is 0.255 e. The van der Waals surface area contributed by atoms with Gasteiger partial charge in [0.05, 0.1) is 0 Å². The van der Waals surface area contributed by atoms with Crippen LogP contribution in [0.3, 0.4) is 0 Å². The Bertz CT molecular complexity index is 476. The quantitative estimate of drug-likeness (QED) is 0.664. The van der Waals surface area contributed by atoms with Gasteiger partial charge in [-0.1, -0.05) is 11.6 Å². The Morgan fingerprint density at radius 3 is 2.71 bits per heavy atom. The largest absolute Gasteiger partial charge is 0.346 e. The van der Waals surface area contributed by atoms with Crippen LogP contribution in [0.1, 0.15) is 5.69 Å². The highest BCUT2D eigenvalue weighted by Gasteiger charge is 2.09. The van der Waals surface area contributed by atoms with Gasteiger partial charge in [0.1, 0.15) is 5.15 Å². The minimum Gasteiger partial charge on any atom is -0.346 e. The summed E-state index contributed by atoms with van der Waals surface area (Å²) in [6.45, 7) is 1.87. The van der Waals surface area contributed by atoms with Crippen LogP contribution < -0.4 is 4.90 Å². The first kappa shape index (κ1) is 9.21. The van der Waals surface area contributed by atoms with E-state index in [1.54, 1.807) is 11.0 Å². The van der Waals surface area contributed by atoms with Gasteiger partial charge in [-0.2, -0.15) is 9.50 Å². The molecule has 2 aromatic heterocycles. The van der Waals surface area contributed by atoms with Crippen molar-refractivity contribution in [1.29, 1.82) is 0 Å². The van der Waals surface area contributed by atoms with Crippen molar-refractivity contribution in [1.82, 2.24) is 19.6 Å². The first-order valence-corrected chi connectivity index (χ1v) is 4.53. The van der Waals surface area contributed by atoms with Gasteiger partial charge >= 0.3 is 0 Å². The number of halogens is 1. The van der Waals surface area contributed by atoms with Crippen LogP contribution in [0, 0.1) is 6.92 Å². The van der Waals surface area contributed by atoms with Gasteiger partial charge in [0.15, 0.2) is 0 Å². The van der Waals surface area contributed by atoms with Crippen molar-refractivity contribution < 1.29 is 0 Å². The molecule has 0 saturated heterocycles. The first-order valence-electron chi connectivity index (χ1n) is 4.15. The highest BCUT2D eigenvalue weighted by Crippen LogP contribution is 2.13. The molecule has 0 radical (unpaired) electrons. The van der Waals surface area contributed by atoms with Crippen LogP contribution in [0.15, 0.2) is 6.07 Å². The molecule has 0 N–H and O–H groups in total. The lowest BCUT2D eigenvalue weighted by Gasteiger charge is -2.03. The lowest BCUT2D eigenvalue weighted by Crippen LogP contribution is -2.10. The summed E-state index contributed by atoms with van der Waals surface area (Å²) in [5.41, 5.74) is 0.834. The second kappa shape index (κ2) is 3.09. The summed E-state index contributed by atoms with van der Waals surface area (Å²) in [7, 11) is 3.74. The van der Waals surface area contributed by atoms with Gasteiger partial charge in [-0.25, -0.2) is 4.98 Å². The standard InChI is InChI=1S/C8H10ClN5/c1-5-4-6(9)14-7(10-5)11-8(12-14)13(2)3/h4H,1-3H3. The number of aryl methyl sites for hydroxylation is 1. The fourth-order valence-corrected chi connectivity index (χ4v) is 1.39. The first-order chi connectivity index (χ1) is 6.58. The lowest BCUT2D eigenvalue weighted by molar-refractivity contribution is 0.909. The normalized spacial score (nSPS) is 10.9. The predicted octanol–water partition coefficient (Wildman–Crippen LogP) is 1.15. The van der Waals surface area contributed by atoms with Gasteiger partial charge in [0, 0.05) is 19.8 Å². The summed E-state index contributed by atoms with van der Waals surface area (Å²) in [5, 5.41) is 4.71. The van der Waals surface area contributed by atoms with Crippen molar-refractivity contribution in [3.8, 4) is 0 Å². The average Bonchev–Trinajstić information content (AvgIpc) is 2.47. The fraction of sp³-hybridized carbons (Fsp3) is 0.375. The van der Waals surface area contributed by atoms with Gasteiger partial charge in [-0.3, -0.25) is 0 Å². The van der Waals surface area contributed by atoms with Gasteiger partial charge < -0.3 is 4.90 Å². The van der Waals surface area contributed by atoms with E-state index in [1.807, 2.05) is 21.0 Å². The molecule has 0 aromatic carbocycles. The number of fused-ring (bicyclic) bond motifs is 1. The maximum atomic E-state index is 5.98. The Hall–Kier alpha value is -1.36. The smallest absolute Gasteiger partial charge is 0.255 e. The Balaban J connectivity index is 2.70. The molecular weight excluding hydrogens is 202 g/mol. The summed E-state index contributed by atoms with van der Waals surface area (Å²) in [4.78, 5) is 10.2. The zero-order valence-corrected chi connectivity index (χ0v) is 8.95. The van der Waals surface area contributed by atoms with E-state index in [0.717, 1.165) is 5.69 Å². The zero-order valence-electron chi connectivity index (χ0n) is 8.19. The number of hydrogen-bond donors (Lipinski definition) is 0. The molecule has 0 saturated carbocycles.